The molecule has 4 atom stereocenters. The average molecular weight is 383 g/mol. The highest BCUT2D eigenvalue weighted by Gasteiger charge is 2.32. The molecule has 1 saturated carbocycles. The second kappa shape index (κ2) is 9.81. The van der Waals surface area contributed by atoms with E-state index < -0.39 is 0 Å². The molecule has 1 amide bonds. The number of carbonyl (C=O) groups excluding carboxylic acids is 1. The molecule has 5 nitrogen and oxygen atoms in total. The molecule has 4 unspecified atom stereocenters. The number of likely N-dealkylation sites (N-methyl/N-ethyl adjacent to an activating group) is 1. The highest BCUT2D eigenvalue weighted by molar-refractivity contribution is 7.09. The summed E-state index contributed by atoms with van der Waals surface area (Å²) in [6, 6.07) is 0. The molecule has 0 N–H and O–H groups in total. The highest BCUT2D eigenvalue weighted by Crippen LogP contribution is 2.35. The summed E-state index contributed by atoms with van der Waals surface area (Å²) >= 11 is 1.57. The molecule has 1 heterocycles. The van der Waals surface area contributed by atoms with E-state index in [9.17, 15) is 4.79 Å². The van der Waals surface area contributed by atoms with Gasteiger partial charge >= 0.3 is 0 Å². The predicted molar refractivity (Wildman–Crippen MR) is 105 cm³/mol. The molecular weight excluding hydrogens is 348 g/mol. The van der Waals surface area contributed by atoms with Gasteiger partial charge in [-0.15, -0.1) is 11.3 Å². The number of ether oxygens (including phenoxy) is 2. The lowest BCUT2D eigenvalue weighted by molar-refractivity contribution is -0.140. The third-order valence-electron chi connectivity index (χ3n) is 5.48. The van der Waals surface area contributed by atoms with Crippen LogP contribution in [0.4, 0.5) is 0 Å². The van der Waals surface area contributed by atoms with Crippen LogP contribution in [0, 0.1) is 17.8 Å². The van der Waals surface area contributed by atoms with E-state index in [1.165, 1.54) is 12.8 Å². The normalized spacial score (nSPS) is 24.7. The first kappa shape index (κ1) is 21.3. The largest absolute Gasteiger partial charge is 0.375 e. The summed E-state index contributed by atoms with van der Waals surface area (Å²) in [5.41, 5.74) is 0.899. The average Bonchev–Trinajstić information content (AvgIpc) is 3.07. The van der Waals surface area contributed by atoms with Crippen molar-refractivity contribution in [3.63, 3.8) is 0 Å². The quantitative estimate of drug-likeness (QED) is 0.673. The van der Waals surface area contributed by atoms with Gasteiger partial charge in [0, 0.05) is 19.5 Å². The second-order valence-corrected chi connectivity index (χ2v) is 8.87. The fourth-order valence-electron chi connectivity index (χ4n) is 3.61. The molecule has 148 valence electrons. The summed E-state index contributed by atoms with van der Waals surface area (Å²) in [6.07, 6.45) is 3.71. The van der Waals surface area contributed by atoms with Crippen LogP contribution in [0.25, 0.3) is 0 Å². The van der Waals surface area contributed by atoms with E-state index >= 15 is 0 Å². The zero-order chi connectivity index (χ0) is 19.3. The Hall–Kier alpha value is -0.980. The minimum atomic E-state index is -0.0145. The summed E-state index contributed by atoms with van der Waals surface area (Å²) < 4.78 is 11.4. The SMILES string of the molecule is COC(C)c1nc(CN(C)C(=O)COC2CC(C)CCC2C(C)C)cs1. The van der Waals surface area contributed by atoms with Crippen LogP contribution in [-0.4, -0.2) is 42.7 Å². The van der Waals surface area contributed by atoms with Gasteiger partial charge in [-0.2, -0.15) is 0 Å². The first-order chi connectivity index (χ1) is 12.3. The molecule has 26 heavy (non-hydrogen) atoms. The lowest BCUT2D eigenvalue weighted by atomic mass is 9.75. The molecule has 0 radical (unpaired) electrons. The lowest BCUT2D eigenvalue weighted by Gasteiger charge is -2.37. The molecule has 1 fully saturated rings. The van der Waals surface area contributed by atoms with Gasteiger partial charge in [0.05, 0.1) is 18.3 Å². The first-order valence-electron chi connectivity index (χ1n) is 9.64. The van der Waals surface area contributed by atoms with Crippen molar-refractivity contribution in [1.29, 1.82) is 0 Å². The van der Waals surface area contributed by atoms with Gasteiger partial charge in [-0.1, -0.05) is 27.2 Å². The summed E-state index contributed by atoms with van der Waals surface area (Å²) in [6.45, 7) is 9.42. The number of amides is 1. The Morgan fingerprint density at radius 1 is 1.38 bits per heavy atom. The van der Waals surface area contributed by atoms with Crippen molar-refractivity contribution in [2.75, 3.05) is 20.8 Å². The van der Waals surface area contributed by atoms with Gasteiger partial charge in [0.1, 0.15) is 17.7 Å². The summed E-state index contributed by atoms with van der Waals surface area (Å²) in [5, 5.41) is 2.93. The summed E-state index contributed by atoms with van der Waals surface area (Å²) in [5.74, 6) is 1.84. The third kappa shape index (κ3) is 5.76. The van der Waals surface area contributed by atoms with Crippen LogP contribution in [0.2, 0.25) is 0 Å². The lowest BCUT2D eigenvalue weighted by Crippen LogP contribution is -2.38. The van der Waals surface area contributed by atoms with Gasteiger partial charge in [-0.05, 0) is 37.5 Å². The van der Waals surface area contributed by atoms with Gasteiger partial charge < -0.3 is 14.4 Å². The maximum atomic E-state index is 12.5. The van der Waals surface area contributed by atoms with Crippen molar-refractivity contribution in [2.45, 2.75) is 65.7 Å². The van der Waals surface area contributed by atoms with Crippen LogP contribution in [-0.2, 0) is 20.8 Å². The van der Waals surface area contributed by atoms with Crippen molar-refractivity contribution < 1.29 is 14.3 Å². The van der Waals surface area contributed by atoms with Crippen LogP contribution in [0.1, 0.15) is 63.8 Å². The van der Waals surface area contributed by atoms with Crippen LogP contribution >= 0.6 is 11.3 Å². The third-order valence-corrected chi connectivity index (χ3v) is 6.53. The predicted octanol–water partition coefficient (Wildman–Crippen LogP) is 4.29. The van der Waals surface area contributed by atoms with E-state index in [2.05, 4.69) is 25.8 Å². The molecule has 0 aromatic carbocycles. The smallest absolute Gasteiger partial charge is 0.248 e. The van der Waals surface area contributed by atoms with Crippen LogP contribution in [0.3, 0.4) is 0 Å². The number of rotatable bonds is 8. The number of thiazole rings is 1. The Labute approximate surface area is 162 Å². The van der Waals surface area contributed by atoms with Crippen LogP contribution < -0.4 is 0 Å². The molecule has 0 aliphatic heterocycles. The number of carbonyl (C=O) groups is 1. The number of hydrogen-bond acceptors (Lipinski definition) is 5. The van der Waals surface area contributed by atoms with Crippen LogP contribution in [0.5, 0.6) is 0 Å². The number of methoxy groups -OCH3 is 1. The molecule has 1 aliphatic rings. The molecule has 1 aromatic heterocycles. The number of aromatic nitrogens is 1. The Kier molecular flexibility index (Phi) is 8.05. The van der Waals surface area contributed by atoms with Crippen molar-refractivity contribution >= 4 is 17.2 Å². The highest BCUT2D eigenvalue weighted by atomic mass is 32.1. The standard InChI is InChI=1S/C20H34N2O3S/c1-13(2)17-8-7-14(3)9-18(17)25-11-19(23)22(5)10-16-12-26-20(21-16)15(4)24-6/h12-15,17-18H,7-11H2,1-6H3. The Balaban J connectivity index is 1.85. The van der Waals surface area contributed by atoms with Crippen molar-refractivity contribution in [3.8, 4) is 0 Å². The first-order valence-corrected chi connectivity index (χ1v) is 10.5. The zero-order valence-corrected chi connectivity index (χ0v) is 17.8. The van der Waals surface area contributed by atoms with Gasteiger partial charge in [0.15, 0.2) is 0 Å². The Morgan fingerprint density at radius 3 is 2.77 bits per heavy atom. The van der Waals surface area contributed by atoms with Crippen LogP contribution in [0.15, 0.2) is 5.38 Å². The van der Waals surface area contributed by atoms with Crippen molar-refractivity contribution in [3.05, 3.63) is 16.1 Å². The van der Waals surface area contributed by atoms with Gasteiger partial charge in [0.2, 0.25) is 5.91 Å². The number of nitrogens with zero attached hydrogens (tertiary/aromatic N) is 2. The Morgan fingerprint density at radius 2 is 2.12 bits per heavy atom. The summed E-state index contributed by atoms with van der Waals surface area (Å²) in [4.78, 5) is 18.8. The molecule has 1 aromatic rings. The fourth-order valence-corrected chi connectivity index (χ4v) is 4.45. The van der Waals surface area contributed by atoms with Gasteiger partial charge in [-0.3, -0.25) is 4.79 Å². The minimum absolute atomic E-state index is 0.0140. The van der Waals surface area contributed by atoms with Crippen molar-refractivity contribution in [1.82, 2.24) is 9.88 Å². The molecule has 0 bridgehead atoms. The molecular formula is C20H34N2O3S. The van der Waals surface area contributed by atoms with E-state index in [-0.39, 0.29) is 24.7 Å². The van der Waals surface area contributed by atoms with Crippen molar-refractivity contribution in [2.24, 2.45) is 17.8 Å². The van der Waals surface area contributed by atoms with Gasteiger partial charge in [0.25, 0.3) is 0 Å². The molecule has 6 heteroatoms. The van der Waals surface area contributed by atoms with Gasteiger partial charge in [-0.25, -0.2) is 4.98 Å². The maximum Gasteiger partial charge on any atom is 0.248 e. The molecule has 2 rings (SSSR count). The number of hydrogen-bond donors (Lipinski definition) is 0. The van der Waals surface area contributed by atoms with E-state index in [1.54, 1.807) is 23.3 Å². The van der Waals surface area contributed by atoms with E-state index in [0.717, 1.165) is 17.1 Å². The van der Waals surface area contributed by atoms with E-state index in [4.69, 9.17) is 9.47 Å². The fraction of sp³-hybridized carbons (Fsp3) is 0.800. The maximum absolute atomic E-state index is 12.5. The molecule has 0 saturated heterocycles. The minimum Gasteiger partial charge on any atom is -0.375 e. The summed E-state index contributed by atoms with van der Waals surface area (Å²) in [7, 11) is 3.49. The second-order valence-electron chi connectivity index (χ2n) is 7.98. The molecule has 0 spiro atoms. The Bertz CT molecular complexity index is 575. The molecule has 1 aliphatic carbocycles. The zero-order valence-electron chi connectivity index (χ0n) is 17.0. The topological polar surface area (TPSA) is 51.7 Å². The van der Waals surface area contributed by atoms with E-state index in [1.807, 2.05) is 19.4 Å². The monoisotopic (exact) mass is 382 g/mol. The van der Waals surface area contributed by atoms with E-state index in [0.29, 0.717) is 24.3 Å².